The van der Waals surface area contributed by atoms with Gasteiger partial charge in [0.1, 0.15) is 6.10 Å². The van der Waals surface area contributed by atoms with Crippen LogP contribution in [0.5, 0.6) is 0 Å². The molecule has 3 atom stereocenters. The summed E-state index contributed by atoms with van der Waals surface area (Å²) in [5, 5.41) is 23.5. The molecule has 0 spiro atoms. The number of esters is 1. The van der Waals surface area contributed by atoms with Crippen LogP contribution in [-0.4, -0.2) is 46.9 Å². The predicted octanol–water partition coefficient (Wildman–Crippen LogP) is 12.7. The average Bonchev–Trinajstić information content (AvgIpc) is 3.16. The van der Waals surface area contributed by atoms with Crippen molar-refractivity contribution in [1.82, 2.24) is 5.32 Å². The van der Waals surface area contributed by atoms with Crippen molar-refractivity contribution in [3.05, 3.63) is 72.9 Å². The highest BCUT2D eigenvalue weighted by atomic mass is 16.5. The van der Waals surface area contributed by atoms with Crippen LogP contribution in [0.2, 0.25) is 0 Å². The smallest absolute Gasteiger partial charge is 0.306 e. The number of amides is 1. The van der Waals surface area contributed by atoms with E-state index in [0.29, 0.717) is 19.3 Å². The molecule has 310 valence electrons. The maximum Gasteiger partial charge on any atom is 0.306 e. The molecule has 0 heterocycles. The lowest BCUT2D eigenvalue weighted by Crippen LogP contribution is -2.46. The first-order chi connectivity index (χ1) is 26.5. The lowest BCUT2D eigenvalue weighted by Gasteiger charge is -2.23. The van der Waals surface area contributed by atoms with E-state index in [0.717, 1.165) is 57.8 Å². The molecule has 0 fully saturated rings. The second-order valence-corrected chi connectivity index (χ2v) is 14.8. The van der Waals surface area contributed by atoms with Crippen LogP contribution >= 0.6 is 0 Å². The van der Waals surface area contributed by atoms with Crippen LogP contribution in [0.4, 0.5) is 0 Å². The van der Waals surface area contributed by atoms with Crippen LogP contribution in [0.3, 0.4) is 0 Å². The summed E-state index contributed by atoms with van der Waals surface area (Å²) in [4.78, 5) is 25.9. The Labute approximate surface area is 332 Å². The molecular weight excluding hydrogens is 671 g/mol. The molecule has 0 saturated carbocycles. The number of hydrogen-bond acceptors (Lipinski definition) is 5. The first-order valence-corrected chi connectivity index (χ1v) is 22.2. The number of carbonyl (C=O) groups excluding carboxylic acids is 2. The number of aliphatic hydroxyl groups is 2. The summed E-state index contributed by atoms with van der Waals surface area (Å²) >= 11 is 0. The molecule has 0 aromatic carbocycles. The minimum atomic E-state index is -0.818. The number of carbonyl (C=O) groups is 2. The SMILES string of the molecule is CC/C=C/C=C/C=C\C=C/CCCCCC(=O)OC(/C=C/C/C=C\CCCCCCCC)CC(=O)NC(CO)C(O)CCCCCCCCCCCCC. The fourth-order valence-corrected chi connectivity index (χ4v) is 6.23. The largest absolute Gasteiger partial charge is 0.458 e. The molecule has 54 heavy (non-hydrogen) atoms. The molecule has 1 amide bonds. The van der Waals surface area contributed by atoms with Crippen LogP contribution in [0, 0.1) is 0 Å². The molecule has 6 heteroatoms. The van der Waals surface area contributed by atoms with Gasteiger partial charge in [-0.3, -0.25) is 9.59 Å². The Bertz CT molecular complexity index is 1030. The lowest BCUT2D eigenvalue weighted by atomic mass is 10.0. The number of ether oxygens (including phenoxy) is 1. The molecule has 0 aliphatic heterocycles. The van der Waals surface area contributed by atoms with Gasteiger partial charge in [0.05, 0.1) is 25.2 Å². The van der Waals surface area contributed by atoms with E-state index < -0.39 is 18.2 Å². The third-order valence-corrected chi connectivity index (χ3v) is 9.61. The Kier molecular flexibility index (Phi) is 39.4. The lowest BCUT2D eigenvalue weighted by molar-refractivity contribution is -0.148. The van der Waals surface area contributed by atoms with Crippen molar-refractivity contribution in [1.29, 1.82) is 0 Å². The van der Waals surface area contributed by atoms with Crippen LogP contribution in [0.15, 0.2) is 72.9 Å². The third-order valence-electron chi connectivity index (χ3n) is 9.61. The Morgan fingerprint density at radius 3 is 1.70 bits per heavy atom. The van der Waals surface area contributed by atoms with Crippen LogP contribution < -0.4 is 5.32 Å². The van der Waals surface area contributed by atoms with E-state index in [9.17, 15) is 19.8 Å². The van der Waals surface area contributed by atoms with E-state index >= 15 is 0 Å². The van der Waals surface area contributed by atoms with Crippen molar-refractivity contribution in [3.63, 3.8) is 0 Å². The normalized spacial score (nSPS) is 14.1. The number of nitrogens with one attached hydrogen (secondary N) is 1. The molecule has 3 N–H and O–H groups in total. The van der Waals surface area contributed by atoms with Crippen molar-refractivity contribution >= 4 is 11.9 Å². The summed E-state index contributed by atoms with van der Waals surface area (Å²) < 4.78 is 5.77. The van der Waals surface area contributed by atoms with Crippen molar-refractivity contribution in [3.8, 4) is 0 Å². The van der Waals surface area contributed by atoms with E-state index in [4.69, 9.17) is 4.74 Å². The van der Waals surface area contributed by atoms with Crippen LogP contribution in [0.25, 0.3) is 0 Å². The Hall–Kier alpha value is -2.70. The molecule has 0 saturated heterocycles. The minimum absolute atomic E-state index is 0.0478. The van der Waals surface area contributed by atoms with Gasteiger partial charge < -0.3 is 20.3 Å². The Balaban J connectivity index is 4.77. The highest BCUT2D eigenvalue weighted by Gasteiger charge is 2.23. The first-order valence-electron chi connectivity index (χ1n) is 22.2. The summed E-state index contributed by atoms with van der Waals surface area (Å²) in [6.45, 7) is 6.26. The van der Waals surface area contributed by atoms with Crippen molar-refractivity contribution in [2.75, 3.05) is 6.61 Å². The van der Waals surface area contributed by atoms with E-state index in [1.807, 2.05) is 42.5 Å². The fourth-order valence-electron chi connectivity index (χ4n) is 6.23. The van der Waals surface area contributed by atoms with Gasteiger partial charge in [0.25, 0.3) is 0 Å². The first kappa shape index (κ1) is 51.3. The van der Waals surface area contributed by atoms with E-state index in [-0.39, 0.29) is 24.9 Å². The Morgan fingerprint density at radius 1 is 0.593 bits per heavy atom. The second-order valence-electron chi connectivity index (χ2n) is 14.8. The van der Waals surface area contributed by atoms with Gasteiger partial charge >= 0.3 is 5.97 Å². The number of hydrogen-bond donors (Lipinski definition) is 3. The monoisotopic (exact) mass is 754 g/mol. The second kappa shape index (κ2) is 41.5. The van der Waals surface area contributed by atoms with E-state index in [1.165, 1.54) is 89.9 Å². The maximum absolute atomic E-state index is 13.1. The molecule has 0 aliphatic rings. The van der Waals surface area contributed by atoms with E-state index in [1.54, 1.807) is 6.08 Å². The van der Waals surface area contributed by atoms with Gasteiger partial charge in [-0.25, -0.2) is 0 Å². The van der Waals surface area contributed by atoms with Crippen LogP contribution in [-0.2, 0) is 14.3 Å². The molecule has 0 rings (SSSR count). The van der Waals surface area contributed by atoms with Gasteiger partial charge in [-0.05, 0) is 57.4 Å². The molecular formula is C48H83NO5. The minimum Gasteiger partial charge on any atom is -0.458 e. The molecule has 0 aromatic heterocycles. The zero-order valence-corrected chi connectivity index (χ0v) is 35.1. The molecule has 0 aliphatic carbocycles. The topological polar surface area (TPSA) is 95.9 Å². The third kappa shape index (κ3) is 36.3. The van der Waals surface area contributed by atoms with Gasteiger partial charge in [0.15, 0.2) is 0 Å². The van der Waals surface area contributed by atoms with E-state index in [2.05, 4.69) is 50.4 Å². The predicted molar refractivity (Wildman–Crippen MR) is 231 cm³/mol. The Morgan fingerprint density at radius 2 is 1.11 bits per heavy atom. The number of unbranched alkanes of at least 4 members (excludes halogenated alkanes) is 19. The molecule has 3 unspecified atom stereocenters. The zero-order chi connectivity index (χ0) is 39.6. The summed E-state index contributed by atoms with van der Waals surface area (Å²) in [5.41, 5.74) is 0. The molecule has 0 bridgehead atoms. The van der Waals surface area contributed by atoms with Crippen molar-refractivity contribution < 1.29 is 24.5 Å². The highest BCUT2D eigenvalue weighted by molar-refractivity contribution is 5.78. The quantitative estimate of drug-likeness (QED) is 0.0252. The van der Waals surface area contributed by atoms with Gasteiger partial charge in [0.2, 0.25) is 5.91 Å². The fraction of sp³-hybridized carbons (Fsp3) is 0.708. The standard InChI is InChI=1S/C48H83NO5/c1-4-7-10-13-16-19-22-23-26-29-32-35-38-41-48(53)54-44(39-36-33-30-27-24-20-17-14-11-8-5-2)42-47(52)49-45(43-50)46(51)40-37-34-31-28-25-21-18-15-12-9-6-3/h7,10,13,16,19,22-23,26-27,30,36,39,44-46,50-51H,4-6,8-9,11-12,14-15,17-18,20-21,24-25,28-29,31-35,37-38,40-43H2,1-3H3,(H,49,52)/b10-7+,16-13+,22-19-,26-23-,30-27-,39-36+. The summed E-state index contributed by atoms with van der Waals surface area (Å²) in [6.07, 6.45) is 51.3. The molecule has 0 radical (unpaired) electrons. The molecule has 0 aromatic rings. The van der Waals surface area contributed by atoms with Gasteiger partial charge in [-0.15, -0.1) is 0 Å². The van der Waals surface area contributed by atoms with Gasteiger partial charge in [-0.1, -0.05) is 197 Å². The number of aliphatic hydroxyl groups excluding tert-OH is 2. The number of rotatable bonds is 38. The highest BCUT2D eigenvalue weighted by Crippen LogP contribution is 2.15. The maximum atomic E-state index is 13.1. The van der Waals surface area contributed by atoms with Crippen LogP contribution in [0.1, 0.15) is 194 Å². The molecule has 6 nitrogen and oxygen atoms in total. The zero-order valence-electron chi connectivity index (χ0n) is 35.1. The van der Waals surface area contributed by atoms with Gasteiger partial charge in [0, 0.05) is 6.42 Å². The van der Waals surface area contributed by atoms with Crippen molar-refractivity contribution in [2.24, 2.45) is 0 Å². The van der Waals surface area contributed by atoms with Crippen molar-refractivity contribution in [2.45, 2.75) is 212 Å². The summed E-state index contributed by atoms with van der Waals surface area (Å²) in [6, 6.07) is -0.741. The number of allylic oxidation sites excluding steroid dienone is 11. The average molecular weight is 754 g/mol. The van der Waals surface area contributed by atoms with Gasteiger partial charge in [-0.2, -0.15) is 0 Å². The summed E-state index contributed by atoms with van der Waals surface area (Å²) in [7, 11) is 0. The summed E-state index contributed by atoms with van der Waals surface area (Å²) in [5.74, 6) is -0.657.